The van der Waals surface area contributed by atoms with E-state index in [1.165, 1.54) is 7.11 Å². The molecule has 18 heavy (non-hydrogen) atoms. The fourth-order valence-electron chi connectivity index (χ4n) is 1.45. The zero-order valence-electron chi connectivity index (χ0n) is 9.87. The van der Waals surface area contributed by atoms with Crippen LogP contribution in [0.4, 0.5) is 13.2 Å². The molecule has 0 spiro atoms. The van der Waals surface area contributed by atoms with Gasteiger partial charge >= 0.3 is 6.18 Å². The third-order valence-corrected chi connectivity index (χ3v) is 2.34. The first-order valence-corrected chi connectivity index (χ1v) is 5.35. The van der Waals surface area contributed by atoms with Crippen LogP contribution in [0.25, 0.3) is 0 Å². The van der Waals surface area contributed by atoms with Gasteiger partial charge in [-0.05, 0) is 6.07 Å². The first kappa shape index (κ1) is 14.9. The van der Waals surface area contributed by atoms with E-state index >= 15 is 0 Å². The number of aliphatic hydroxyl groups excluding tert-OH is 1. The Bertz CT molecular complexity index is 372. The maximum absolute atomic E-state index is 12.7. The van der Waals surface area contributed by atoms with Gasteiger partial charge in [-0.1, -0.05) is 0 Å². The fraction of sp³-hybridized carbons (Fsp3) is 0.545. The molecule has 1 rings (SSSR count). The molecule has 0 aliphatic rings. The molecule has 1 aromatic heterocycles. The number of hydrogen-bond acceptors (Lipinski definition) is 4. The van der Waals surface area contributed by atoms with Crippen molar-refractivity contribution in [1.82, 2.24) is 10.3 Å². The van der Waals surface area contributed by atoms with Crippen molar-refractivity contribution >= 4 is 0 Å². The molecule has 0 saturated carbocycles. The minimum atomic E-state index is -4.49. The Kier molecular flexibility index (Phi) is 5.52. The first-order chi connectivity index (χ1) is 8.46. The van der Waals surface area contributed by atoms with E-state index in [-0.39, 0.29) is 12.1 Å². The number of aliphatic hydroxyl groups is 1. The molecule has 7 heteroatoms. The van der Waals surface area contributed by atoms with Gasteiger partial charge in [-0.15, -0.1) is 0 Å². The molecule has 102 valence electrons. The number of halogens is 3. The van der Waals surface area contributed by atoms with E-state index in [4.69, 9.17) is 4.74 Å². The van der Waals surface area contributed by atoms with Gasteiger partial charge in [-0.3, -0.25) is 4.98 Å². The molecule has 0 radical (unpaired) electrons. The number of rotatable bonds is 6. The number of methoxy groups -OCH3 is 1. The number of nitrogens with zero attached hydrogens (tertiary/aromatic N) is 1. The van der Waals surface area contributed by atoms with Gasteiger partial charge in [-0.25, -0.2) is 0 Å². The lowest BCUT2D eigenvalue weighted by Crippen LogP contribution is -2.26. The van der Waals surface area contributed by atoms with Crippen molar-refractivity contribution in [1.29, 1.82) is 0 Å². The van der Waals surface area contributed by atoms with Crippen LogP contribution in [-0.2, 0) is 10.9 Å². The quantitative estimate of drug-likeness (QED) is 0.762. The summed E-state index contributed by atoms with van der Waals surface area (Å²) < 4.78 is 42.8. The van der Waals surface area contributed by atoms with E-state index in [0.29, 0.717) is 13.2 Å². The lowest BCUT2D eigenvalue weighted by molar-refractivity contribution is -0.139. The Hall–Kier alpha value is -1.18. The number of nitrogens with one attached hydrogen (secondary N) is 1. The van der Waals surface area contributed by atoms with Crippen molar-refractivity contribution in [3.63, 3.8) is 0 Å². The highest BCUT2D eigenvalue weighted by atomic mass is 19.4. The zero-order chi connectivity index (χ0) is 13.6. The lowest BCUT2D eigenvalue weighted by Gasteiger charge is -2.17. The van der Waals surface area contributed by atoms with Gasteiger partial charge in [-0.2, -0.15) is 13.2 Å². The van der Waals surface area contributed by atoms with Crippen LogP contribution in [-0.4, -0.2) is 36.9 Å². The van der Waals surface area contributed by atoms with Gasteiger partial charge < -0.3 is 15.2 Å². The van der Waals surface area contributed by atoms with Gasteiger partial charge in [0.05, 0.1) is 18.3 Å². The Balaban J connectivity index is 2.70. The highest BCUT2D eigenvalue weighted by Gasteiger charge is 2.34. The average Bonchev–Trinajstić information content (AvgIpc) is 2.33. The molecule has 1 atom stereocenters. The molecular formula is C11H15F3N2O2. The number of hydrogen-bond donors (Lipinski definition) is 2. The summed E-state index contributed by atoms with van der Waals surface area (Å²) in [5.74, 6) is 0. The van der Waals surface area contributed by atoms with Gasteiger partial charge in [0.2, 0.25) is 0 Å². The van der Waals surface area contributed by atoms with Crippen molar-refractivity contribution < 1.29 is 23.0 Å². The van der Waals surface area contributed by atoms with Crippen molar-refractivity contribution in [3.05, 3.63) is 29.6 Å². The van der Waals surface area contributed by atoms with Gasteiger partial charge in [0.1, 0.15) is 0 Å². The van der Waals surface area contributed by atoms with Crippen LogP contribution in [0, 0.1) is 0 Å². The molecule has 1 aromatic rings. The van der Waals surface area contributed by atoms with Crippen molar-refractivity contribution in [2.75, 3.05) is 26.8 Å². The molecule has 2 N–H and O–H groups in total. The van der Waals surface area contributed by atoms with Crippen LogP contribution in [0.5, 0.6) is 0 Å². The summed E-state index contributed by atoms with van der Waals surface area (Å²) in [6.45, 7) is 0.888. The molecule has 0 aromatic carbocycles. The molecule has 1 unspecified atom stereocenters. The van der Waals surface area contributed by atoms with E-state index < -0.39 is 17.8 Å². The summed E-state index contributed by atoms with van der Waals surface area (Å²) >= 11 is 0. The maximum Gasteiger partial charge on any atom is 0.416 e. The topological polar surface area (TPSA) is 54.4 Å². The minimum absolute atomic E-state index is 0.0120. The molecule has 0 aliphatic carbocycles. The van der Waals surface area contributed by atoms with Gasteiger partial charge in [0.15, 0.2) is 0 Å². The van der Waals surface area contributed by atoms with Crippen LogP contribution in [0.1, 0.15) is 17.2 Å². The van der Waals surface area contributed by atoms with E-state index in [1.807, 2.05) is 0 Å². The summed E-state index contributed by atoms with van der Waals surface area (Å²) in [5, 5.41) is 12.5. The Labute approximate surface area is 103 Å². The van der Waals surface area contributed by atoms with Crippen LogP contribution in [0.15, 0.2) is 18.5 Å². The maximum atomic E-state index is 12.7. The largest absolute Gasteiger partial charge is 0.416 e. The zero-order valence-corrected chi connectivity index (χ0v) is 9.87. The van der Waals surface area contributed by atoms with E-state index in [0.717, 1.165) is 18.5 Å². The van der Waals surface area contributed by atoms with E-state index in [1.54, 1.807) is 0 Å². The van der Waals surface area contributed by atoms with Crippen molar-refractivity contribution in [2.24, 2.45) is 0 Å². The number of pyridine rings is 1. The summed E-state index contributed by atoms with van der Waals surface area (Å²) in [6.07, 6.45) is -3.67. The van der Waals surface area contributed by atoms with Crippen LogP contribution in [0.2, 0.25) is 0 Å². The van der Waals surface area contributed by atoms with E-state index in [2.05, 4.69) is 10.3 Å². The molecule has 0 saturated heterocycles. The van der Waals surface area contributed by atoms with Crippen LogP contribution < -0.4 is 5.32 Å². The van der Waals surface area contributed by atoms with Crippen molar-refractivity contribution in [3.8, 4) is 0 Å². The predicted octanol–water partition coefficient (Wildman–Crippen LogP) is 1.37. The molecular weight excluding hydrogens is 249 g/mol. The molecule has 1 heterocycles. The fourth-order valence-corrected chi connectivity index (χ4v) is 1.45. The number of aromatic nitrogens is 1. The molecule has 4 nitrogen and oxygen atoms in total. The van der Waals surface area contributed by atoms with Crippen molar-refractivity contribution in [2.45, 2.75) is 12.3 Å². The number of ether oxygens (including phenoxy) is 1. The molecule has 0 fully saturated rings. The Morgan fingerprint density at radius 3 is 2.83 bits per heavy atom. The predicted molar refractivity (Wildman–Crippen MR) is 58.9 cm³/mol. The standard InChI is InChI=1S/C11H15F3N2O2/c1-18-5-4-16-7-10(17)8-6-15-3-2-9(8)11(12,13)14/h2-3,6,10,16-17H,4-5,7H2,1H3. The summed E-state index contributed by atoms with van der Waals surface area (Å²) in [7, 11) is 1.51. The third-order valence-electron chi connectivity index (χ3n) is 2.34. The molecule has 0 aliphatic heterocycles. The van der Waals surface area contributed by atoms with E-state index in [9.17, 15) is 18.3 Å². The smallest absolute Gasteiger partial charge is 0.387 e. The normalized spacial score (nSPS) is 13.6. The van der Waals surface area contributed by atoms with Gasteiger partial charge in [0, 0.05) is 38.2 Å². The van der Waals surface area contributed by atoms with Crippen LogP contribution >= 0.6 is 0 Å². The lowest BCUT2D eigenvalue weighted by atomic mass is 10.0. The summed E-state index contributed by atoms with van der Waals surface area (Å²) in [4.78, 5) is 3.61. The second-order valence-electron chi connectivity index (χ2n) is 3.67. The molecule has 0 amide bonds. The summed E-state index contributed by atoms with van der Waals surface area (Å²) in [6, 6.07) is 0.855. The van der Waals surface area contributed by atoms with Crippen LogP contribution in [0.3, 0.4) is 0 Å². The van der Waals surface area contributed by atoms with Gasteiger partial charge in [0.25, 0.3) is 0 Å². The SMILES string of the molecule is COCCNCC(O)c1cnccc1C(F)(F)F. The summed E-state index contributed by atoms with van der Waals surface area (Å²) in [5.41, 5.74) is -1.09. The minimum Gasteiger partial charge on any atom is -0.387 e. The Morgan fingerprint density at radius 1 is 1.50 bits per heavy atom. The number of alkyl halides is 3. The first-order valence-electron chi connectivity index (χ1n) is 5.35. The highest BCUT2D eigenvalue weighted by molar-refractivity contribution is 5.28. The second-order valence-corrected chi connectivity index (χ2v) is 3.67. The average molecular weight is 264 g/mol. The highest BCUT2D eigenvalue weighted by Crippen LogP contribution is 2.33. The third kappa shape index (κ3) is 4.25. The monoisotopic (exact) mass is 264 g/mol. The second kappa shape index (κ2) is 6.67. The Morgan fingerprint density at radius 2 is 2.22 bits per heavy atom. The molecule has 0 bridgehead atoms.